The van der Waals surface area contributed by atoms with Crippen LogP contribution in [-0.2, 0) is 4.74 Å². The van der Waals surface area contributed by atoms with Gasteiger partial charge >= 0.3 is 0 Å². The van der Waals surface area contributed by atoms with Crippen LogP contribution in [0.2, 0.25) is 0 Å². The summed E-state index contributed by atoms with van der Waals surface area (Å²) < 4.78 is 5.12. The smallest absolute Gasteiger partial charge is 0.0823 e. The third kappa shape index (κ3) is 2.64. The Morgan fingerprint density at radius 3 is 2.91 bits per heavy atom. The number of rotatable bonds is 4. The number of hydrogen-bond acceptors (Lipinski definition) is 2. The largest absolute Gasteiger partial charge is 0.390 e. The Hall–Kier alpha value is -0.340. The number of aliphatic hydroxyl groups is 1. The molecule has 11 heavy (non-hydrogen) atoms. The van der Waals surface area contributed by atoms with Crippen molar-refractivity contribution in [2.75, 3.05) is 13.2 Å². The molecule has 0 saturated carbocycles. The van der Waals surface area contributed by atoms with Crippen LogP contribution < -0.4 is 0 Å². The van der Waals surface area contributed by atoms with E-state index in [9.17, 15) is 5.11 Å². The second kappa shape index (κ2) is 4.52. The Bertz CT molecular complexity index is 123. The van der Waals surface area contributed by atoms with Crippen molar-refractivity contribution >= 4 is 0 Å². The van der Waals surface area contributed by atoms with Gasteiger partial charge in [-0.1, -0.05) is 6.08 Å². The first-order valence-electron chi connectivity index (χ1n) is 4.21. The molecule has 1 fully saturated rings. The van der Waals surface area contributed by atoms with Crippen LogP contribution in [-0.4, -0.2) is 24.4 Å². The minimum absolute atomic E-state index is 0.222. The van der Waals surface area contributed by atoms with E-state index in [2.05, 4.69) is 6.58 Å². The molecular formula is C9H16O2. The first-order valence-corrected chi connectivity index (χ1v) is 4.21. The summed E-state index contributed by atoms with van der Waals surface area (Å²) in [6, 6.07) is 0. The van der Waals surface area contributed by atoms with Gasteiger partial charge in [0.2, 0.25) is 0 Å². The van der Waals surface area contributed by atoms with E-state index >= 15 is 0 Å². The Morgan fingerprint density at radius 1 is 1.55 bits per heavy atom. The fourth-order valence-electron chi connectivity index (χ4n) is 1.39. The second-order valence-corrected chi connectivity index (χ2v) is 3.08. The quantitative estimate of drug-likeness (QED) is 0.492. The topological polar surface area (TPSA) is 29.5 Å². The number of ether oxygens (including phenoxy) is 1. The van der Waals surface area contributed by atoms with Crippen molar-refractivity contribution in [3.63, 3.8) is 0 Å². The molecule has 0 aliphatic carbocycles. The lowest BCUT2D eigenvalue weighted by Crippen LogP contribution is -2.17. The number of unbranched alkanes of at least 4 members (excludes halogenated alkanes) is 1. The molecule has 2 nitrogen and oxygen atoms in total. The van der Waals surface area contributed by atoms with Gasteiger partial charge < -0.3 is 9.84 Å². The predicted octanol–water partition coefficient (Wildman–Crippen LogP) is 1.35. The normalized spacial score (nSPS) is 30.6. The molecule has 0 bridgehead atoms. The molecule has 0 aromatic heterocycles. The summed E-state index contributed by atoms with van der Waals surface area (Å²) in [7, 11) is 0. The van der Waals surface area contributed by atoms with Crippen LogP contribution in [0.1, 0.15) is 19.3 Å². The lowest BCUT2D eigenvalue weighted by Gasteiger charge is -2.10. The van der Waals surface area contributed by atoms with Crippen molar-refractivity contribution in [3.8, 4) is 0 Å². The van der Waals surface area contributed by atoms with E-state index in [1.54, 1.807) is 0 Å². The molecule has 1 saturated heterocycles. The van der Waals surface area contributed by atoms with Crippen molar-refractivity contribution in [1.29, 1.82) is 0 Å². The summed E-state index contributed by atoms with van der Waals surface area (Å²) in [5, 5.41) is 9.34. The van der Waals surface area contributed by atoms with Gasteiger partial charge in [0.1, 0.15) is 0 Å². The first kappa shape index (κ1) is 8.75. The number of aliphatic hydroxyl groups excluding tert-OH is 1. The standard InChI is InChI=1S/C9H16O2/c1-2-3-4-5-8-6-11-7-9(8)10/h2,8-10H,1,3-7H2/t8?,9-/m1/s1. The van der Waals surface area contributed by atoms with Gasteiger partial charge in [0.25, 0.3) is 0 Å². The van der Waals surface area contributed by atoms with E-state index in [1.165, 1.54) is 0 Å². The molecule has 0 aromatic rings. The van der Waals surface area contributed by atoms with Crippen LogP contribution >= 0.6 is 0 Å². The van der Waals surface area contributed by atoms with E-state index < -0.39 is 0 Å². The van der Waals surface area contributed by atoms with Gasteiger partial charge in [-0.3, -0.25) is 0 Å². The summed E-state index contributed by atoms with van der Waals surface area (Å²) in [4.78, 5) is 0. The van der Waals surface area contributed by atoms with E-state index in [4.69, 9.17) is 4.74 Å². The molecule has 2 atom stereocenters. The van der Waals surface area contributed by atoms with Crippen molar-refractivity contribution in [1.82, 2.24) is 0 Å². The summed E-state index contributed by atoms with van der Waals surface area (Å²) in [6.45, 7) is 4.91. The third-order valence-corrected chi connectivity index (χ3v) is 2.15. The first-order chi connectivity index (χ1) is 5.34. The van der Waals surface area contributed by atoms with E-state index in [0.29, 0.717) is 12.5 Å². The van der Waals surface area contributed by atoms with Gasteiger partial charge in [0.05, 0.1) is 19.3 Å². The van der Waals surface area contributed by atoms with Crippen LogP contribution in [0.5, 0.6) is 0 Å². The second-order valence-electron chi connectivity index (χ2n) is 3.08. The number of hydrogen-bond donors (Lipinski definition) is 1. The van der Waals surface area contributed by atoms with Crippen molar-refractivity contribution in [2.24, 2.45) is 5.92 Å². The molecule has 1 aliphatic heterocycles. The van der Waals surface area contributed by atoms with Crippen LogP contribution in [0.25, 0.3) is 0 Å². The zero-order valence-corrected chi connectivity index (χ0v) is 6.83. The Balaban J connectivity index is 2.10. The van der Waals surface area contributed by atoms with E-state index in [-0.39, 0.29) is 6.10 Å². The maximum atomic E-state index is 9.34. The maximum Gasteiger partial charge on any atom is 0.0823 e. The Morgan fingerprint density at radius 2 is 2.36 bits per heavy atom. The molecule has 64 valence electrons. The van der Waals surface area contributed by atoms with Crippen molar-refractivity contribution < 1.29 is 9.84 Å². The third-order valence-electron chi connectivity index (χ3n) is 2.15. The molecule has 1 rings (SSSR count). The van der Waals surface area contributed by atoms with Crippen molar-refractivity contribution in [3.05, 3.63) is 12.7 Å². The van der Waals surface area contributed by atoms with Crippen LogP contribution in [0.3, 0.4) is 0 Å². The summed E-state index contributed by atoms with van der Waals surface area (Å²) in [6.07, 6.45) is 4.92. The molecule has 1 N–H and O–H groups in total. The molecule has 1 unspecified atom stereocenters. The van der Waals surface area contributed by atoms with Gasteiger partial charge in [0.15, 0.2) is 0 Å². The van der Waals surface area contributed by atoms with E-state index in [0.717, 1.165) is 25.9 Å². The molecular weight excluding hydrogens is 140 g/mol. The fourth-order valence-corrected chi connectivity index (χ4v) is 1.39. The highest BCUT2D eigenvalue weighted by Gasteiger charge is 2.24. The average Bonchev–Trinajstić information content (AvgIpc) is 2.37. The predicted molar refractivity (Wildman–Crippen MR) is 44.4 cm³/mol. The number of allylic oxidation sites excluding steroid dienone is 1. The molecule has 1 heterocycles. The lowest BCUT2D eigenvalue weighted by molar-refractivity contribution is 0.117. The molecule has 1 aliphatic rings. The van der Waals surface area contributed by atoms with Gasteiger partial charge in [-0.25, -0.2) is 0 Å². The maximum absolute atomic E-state index is 9.34. The van der Waals surface area contributed by atoms with Crippen LogP contribution in [0.4, 0.5) is 0 Å². The highest BCUT2D eigenvalue weighted by molar-refractivity contribution is 4.75. The van der Waals surface area contributed by atoms with Gasteiger partial charge in [-0.15, -0.1) is 6.58 Å². The monoisotopic (exact) mass is 156 g/mol. The van der Waals surface area contributed by atoms with Crippen LogP contribution in [0.15, 0.2) is 12.7 Å². The summed E-state index contributed by atoms with van der Waals surface area (Å²) in [5.74, 6) is 0.370. The molecule has 2 heteroatoms. The minimum atomic E-state index is -0.222. The molecule has 0 spiro atoms. The molecule has 0 radical (unpaired) electrons. The zero-order valence-electron chi connectivity index (χ0n) is 6.83. The Kier molecular flexibility index (Phi) is 3.60. The van der Waals surface area contributed by atoms with Gasteiger partial charge in [-0.2, -0.15) is 0 Å². The Labute approximate surface area is 67.9 Å². The van der Waals surface area contributed by atoms with Crippen LogP contribution in [0, 0.1) is 5.92 Å². The fraction of sp³-hybridized carbons (Fsp3) is 0.778. The summed E-state index contributed by atoms with van der Waals surface area (Å²) in [5.41, 5.74) is 0. The van der Waals surface area contributed by atoms with E-state index in [1.807, 2.05) is 6.08 Å². The molecule has 0 aromatic carbocycles. The lowest BCUT2D eigenvalue weighted by atomic mass is 9.99. The zero-order chi connectivity index (χ0) is 8.10. The minimum Gasteiger partial charge on any atom is -0.390 e. The SMILES string of the molecule is C=CCCCC1COC[C@H]1O. The average molecular weight is 156 g/mol. The van der Waals surface area contributed by atoms with Crippen molar-refractivity contribution in [2.45, 2.75) is 25.4 Å². The van der Waals surface area contributed by atoms with Gasteiger partial charge in [0, 0.05) is 5.92 Å². The molecule has 0 amide bonds. The van der Waals surface area contributed by atoms with Gasteiger partial charge in [-0.05, 0) is 19.3 Å². The summed E-state index contributed by atoms with van der Waals surface area (Å²) >= 11 is 0. The highest BCUT2D eigenvalue weighted by Crippen LogP contribution is 2.19. The highest BCUT2D eigenvalue weighted by atomic mass is 16.5.